The molecule has 2 aromatic rings. The standard InChI is InChI=1S/C16H13NO5/c1-20-13-7-10(8-14(21-2)16(13)19)6-11(9-17)15(18)12-4-3-5-22-12/h3-8,19H,1-2H3. The number of carbonyl (C=O) groups is 1. The summed E-state index contributed by atoms with van der Waals surface area (Å²) in [7, 11) is 2.78. The van der Waals surface area contributed by atoms with Gasteiger partial charge < -0.3 is 19.0 Å². The summed E-state index contributed by atoms with van der Waals surface area (Å²) >= 11 is 0. The highest BCUT2D eigenvalue weighted by molar-refractivity contribution is 6.12. The number of aromatic hydroxyl groups is 1. The Balaban J connectivity index is 2.46. The lowest BCUT2D eigenvalue weighted by Gasteiger charge is -2.09. The molecule has 0 bridgehead atoms. The highest BCUT2D eigenvalue weighted by Gasteiger charge is 2.16. The van der Waals surface area contributed by atoms with Crippen LogP contribution in [0.5, 0.6) is 17.2 Å². The Labute approximate surface area is 126 Å². The lowest BCUT2D eigenvalue weighted by molar-refractivity contribution is 0.101. The largest absolute Gasteiger partial charge is 0.502 e. The highest BCUT2D eigenvalue weighted by Crippen LogP contribution is 2.37. The minimum atomic E-state index is -0.529. The van der Waals surface area contributed by atoms with Gasteiger partial charge >= 0.3 is 0 Å². The fraction of sp³-hybridized carbons (Fsp3) is 0.125. The summed E-state index contributed by atoms with van der Waals surface area (Å²) in [6, 6.07) is 7.86. The molecule has 1 aromatic heterocycles. The van der Waals surface area contributed by atoms with E-state index in [1.165, 1.54) is 44.8 Å². The smallest absolute Gasteiger partial charge is 0.238 e. The Hall–Kier alpha value is -3.20. The van der Waals surface area contributed by atoms with Gasteiger partial charge in [0.05, 0.1) is 20.5 Å². The highest BCUT2D eigenvalue weighted by atomic mass is 16.5. The van der Waals surface area contributed by atoms with Gasteiger partial charge in [-0.1, -0.05) is 0 Å². The number of allylic oxidation sites excluding steroid dienone is 1. The summed E-state index contributed by atoms with van der Waals surface area (Å²) in [6.07, 6.45) is 2.73. The molecule has 0 spiro atoms. The number of ether oxygens (including phenoxy) is 2. The van der Waals surface area contributed by atoms with Gasteiger partial charge in [0.1, 0.15) is 11.6 Å². The van der Waals surface area contributed by atoms with Crippen LogP contribution in [-0.2, 0) is 0 Å². The minimum absolute atomic E-state index is 0.0745. The SMILES string of the molecule is COc1cc(C=C(C#N)C(=O)c2ccco2)cc(OC)c1O. The average molecular weight is 299 g/mol. The van der Waals surface area contributed by atoms with E-state index in [0.717, 1.165) is 0 Å². The average Bonchev–Trinajstić information content (AvgIpc) is 3.07. The molecule has 0 atom stereocenters. The van der Waals surface area contributed by atoms with Gasteiger partial charge in [0.25, 0.3) is 0 Å². The quantitative estimate of drug-likeness (QED) is 0.518. The molecule has 0 fully saturated rings. The lowest BCUT2D eigenvalue weighted by Crippen LogP contribution is -2.00. The lowest BCUT2D eigenvalue weighted by atomic mass is 10.1. The van der Waals surface area contributed by atoms with E-state index in [9.17, 15) is 15.2 Å². The first-order valence-corrected chi connectivity index (χ1v) is 6.25. The van der Waals surface area contributed by atoms with Crippen molar-refractivity contribution in [1.29, 1.82) is 5.26 Å². The van der Waals surface area contributed by atoms with Crippen LogP contribution in [0.3, 0.4) is 0 Å². The second-order valence-electron chi connectivity index (χ2n) is 4.25. The normalized spacial score (nSPS) is 10.9. The van der Waals surface area contributed by atoms with Crippen molar-refractivity contribution in [3.05, 3.63) is 47.4 Å². The zero-order valence-electron chi connectivity index (χ0n) is 12.0. The summed E-state index contributed by atoms with van der Waals surface area (Å²) < 4.78 is 15.1. The van der Waals surface area contributed by atoms with Crippen molar-refractivity contribution >= 4 is 11.9 Å². The molecule has 6 nitrogen and oxygen atoms in total. The van der Waals surface area contributed by atoms with Gasteiger partial charge in [0.2, 0.25) is 11.5 Å². The van der Waals surface area contributed by atoms with Crippen molar-refractivity contribution in [2.45, 2.75) is 0 Å². The fourth-order valence-corrected chi connectivity index (χ4v) is 1.85. The van der Waals surface area contributed by atoms with Gasteiger partial charge in [-0.25, -0.2) is 0 Å². The number of furan rings is 1. The molecule has 1 aromatic carbocycles. The van der Waals surface area contributed by atoms with Crippen LogP contribution in [-0.4, -0.2) is 25.1 Å². The number of methoxy groups -OCH3 is 2. The van der Waals surface area contributed by atoms with Gasteiger partial charge in [0, 0.05) is 0 Å². The number of hydrogen-bond donors (Lipinski definition) is 1. The van der Waals surface area contributed by atoms with Crippen molar-refractivity contribution in [3.8, 4) is 23.3 Å². The third kappa shape index (κ3) is 2.94. The third-order valence-electron chi connectivity index (χ3n) is 2.92. The predicted octanol–water partition coefficient (Wildman–Crippen LogP) is 2.79. The van der Waals surface area contributed by atoms with E-state index in [4.69, 9.17) is 13.9 Å². The number of nitrogens with zero attached hydrogens (tertiary/aromatic N) is 1. The number of rotatable bonds is 5. The Morgan fingerprint density at radius 1 is 1.32 bits per heavy atom. The molecule has 0 saturated carbocycles. The first-order chi connectivity index (χ1) is 10.6. The number of Topliss-reactive ketones (excluding diaryl/α,β-unsaturated/α-hetero) is 1. The zero-order chi connectivity index (χ0) is 16.1. The topological polar surface area (TPSA) is 92.7 Å². The van der Waals surface area contributed by atoms with Crippen molar-refractivity contribution in [2.24, 2.45) is 0 Å². The summed E-state index contributed by atoms with van der Waals surface area (Å²) in [4.78, 5) is 12.1. The van der Waals surface area contributed by atoms with E-state index < -0.39 is 5.78 Å². The maximum Gasteiger partial charge on any atom is 0.238 e. The molecule has 0 saturated heterocycles. The van der Waals surface area contributed by atoms with Crippen LogP contribution in [0.1, 0.15) is 16.1 Å². The van der Waals surface area contributed by atoms with E-state index in [1.54, 1.807) is 6.07 Å². The van der Waals surface area contributed by atoms with Crippen molar-refractivity contribution in [3.63, 3.8) is 0 Å². The predicted molar refractivity (Wildman–Crippen MR) is 77.8 cm³/mol. The van der Waals surface area contributed by atoms with E-state index in [-0.39, 0.29) is 28.6 Å². The van der Waals surface area contributed by atoms with Gasteiger partial charge in [-0.3, -0.25) is 4.79 Å². The number of nitriles is 1. The van der Waals surface area contributed by atoms with Crippen LogP contribution in [0.4, 0.5) is 0 Å². The number of ketones is 1. The second-order valence-corrected chi connectivity index (χ2v) is 4.25. The molecule has 2 rings (SSSR count). The third-order valence-corrected chi connectivity index (χ3v) is 2.92. The zero-order valence-corrected chi connectivity index (χ0v) is 12.0. The second kappa shape index (κ2) is 6.50. The van der Waals surface area contributed by atoms with E-state index in [1.807, 2.05) is 6.07 Å². The molecule has 6 heteroatoms. The molecular formula is C16H13NO5. The number of phenolic OH excluding ortho intramolecular Hbond substituents is 1. The Bertz CT molecular complexity index is 728. The maximum absolute atomic E-state index is 12.1. The van der Waals surface area contributed by atoms with E-state index >= 15 is 0 Å². The molecule has 0 aliphatic heterocycles. The van der Waals surface area contributed by atoms with Crippen molar-refractivity contribution < 1.29 is 23.8 Å². The molecule has 112 valence electrons. The van der Waals surface area contributed by atoms with Crippen LogP contribution in [0.25, 0.3) is 6.08 Å². The Kier molecular flexibility index (Phi) is 4.49. The van der Waals surface area contributed by atoms with Crippen LogP contribution in [0.2, 0.25) is 0 Å². The molecule has 0 amide bonds. The van der Waals surface area contributed by atoms with Crippen molar-refractivity contribution in [1.82, 2.24) is 0 Å². The van der Waals surface area contributed by atoms with Crippen LogP contribution < -0.4 is 9.47 Å². The van der Waals surface area contributed by atoms with Gasteiger partial charge in [-0.05, 0) is 35.9 Å². The molecular weight excluding hydrogens is 286 g/mol. The fourth-order valence-electron chi connectivity index (χ4n) is 1.85. The number of phenols is 1. The molecule has 0 radical (unpaired) electrons. The summed E-state index contributed by atoms with van der Waals surface area (Å²) in [5.74, 6) is -0.260. The van der Waals surface area contributed by atoms with Gasteiger partial charge in [-0.15, -0.1) is 0 Å². The maximum atomic E-state index is 12.1. The number of carbonyl (C=O) groups excluding carboxylic acids is 1. The summed E-state index contributed by atoms with van der Waals surface area (Å²) in [5.41, 5.74) is 0.368. The molecule has 22 heavy (non-hydrogen) atoms. The van der Waals surface area contributed by atoms with Crippen molar-refractivity contribution in [2.75, 3.05) is 14.2 Å². The van der Waals surface area contributed by atoms with Crippen LogP contribution >= 0.6 is 0 Å². The van der Waals surface area contributed by atoms with Crippen LogP contribution in [0, 0.1) is 11.3 Å². The monoisotopic (exact) mass is 299 g/mol. The Morgan fingerprint density at radius 3 is 2.41 bits per heavy atom. The Morgan fingerprint density at radius 2 is 1.95 bits per heavy atom. The first-order valence-electron chi connectivity index (χ1n) is 6.25. The first kappa shape index (κ1) is 15.2. The minimum Gasteiger partial charge on any atom is -0.502 e. The number of hydrogen-bond acceptors (Lipinski definition) is 6. The molecule has 0 aliphatic carbocycles. The van der Waals surface area contributed by atoms with E-state index in [0.29, 0.717) is 5.56 Å². The van der Waals surface area contributed by atoms with E-state index in [2.05, 4.69) is 0 Å². The molecule has 0 unspecified atom stereocenters. The van der Waals surface area contributed by atoms with Crippen LogP contribution in [0.15, 0.2) is 40.5 Å². The molecule has 1 N–H and O–H groups in total. The number of benzene rings is 1. The summed E-state index contributed by atoms with van der Waals surface area (Å²) in [5, 5.41) is 19.0. The molecule has 1 heterocycles. The molecule has 0 aliphatic rings. The summed E-state index contributed by atoms with van der Waals surface area (Å²) in [6.45, 7) is 0. The van der Waals surface area contributed by atoms with Gasteiger partial charge in [0.15, 0.2) is 17.3 Å². The van der Waals surface area contributed by atoms with Gasteiger partial charge in [-0.2, -0.15) is 5.26 Å².